The number of carbonyl (C=O) groups excluding carboxylic acids is 1. The number of rotatable bonds is 8. The molecule has 2 amide bonds. The third-order valence-electron chi connectivity index (χ3n) is 5.67. The fourth-order valence-electron chi connectivity index (χ4n) is 3.92. The molecular formula is C26H30N4O3. The second kappa shape index (κ2) is 10.0. The second-order valence-corrected chi connectivity index (χ2v) is 8.51. The molecule has 3 aromatic rings. The number of hydrogen-bond donors (Lipinski definition) is 1. The van der Waals surface area contributed by atoms with Gasteiger partial charge in [-0.25, -0.2) is 4.79 Å². The zero-order valence-corrected chi connectivity index (χ0v) is 19.5. The van der Waals surface area contributed by atoms with Crippen molar-refractivity contribution in [3.05, 3.63) is 77.3 Å². The summed E-state index contributed by atoms with van der Waals surface area (Å²) < 4.78 is 11.4. The van der Waals surface area contributed by atoms with E-state index in [0.717, 1.165) is 34.4 Å². The summed E-state index contributed by atoms with van der Waals surface area (Å²) in [5, 5.41) is 7.35. The number of aryl methyl sites for hydroxylation is 1. The van der Waals surface area contributed by atoms with Crippen LogP contribution in [0.15, 0.2) is 64.8 Å². The van der Waals surface area contributed by atoms with Crippen LogP contribution in [0.25, 0.3) is 17.0 Å². The lowest BCUT2D eigenvalue weighted by Crippen LogP contribution is -2.46. The number of aromatic nitrogens is 2. The van der Waals surface area contributed by atoms with Crippen LogP contribution in [-0.4, -0.2) is 40.3 Å². The fourth-order valence-corrected chi connectivity index (χ4v) is 3.92. The molecule has 2 aromatic carbocycles. The van der Waals surface area contributed by atoms with Crippen LogP contribution in [0.4, 0.5) is 4.79 Å². The highest BCUT2D eigenvalue weighted by molar-refractivity contribution is 5.86. The van der Waals surface area contributed by atoms with E-state index in [4.69, 9.17) is 14.2 Å². The minimum absolute atomic E-state index is 0.145. The Hall–Kier alpha value is -3.45. The van der Waals surface area contributed by atoms with Gasteiger partial charge < -0.3 is 14.6 Å². The Morgan fingerprint density at radius 3 is 2.52 bits per heavy atom. The van der Waals surface area contributed by atoms with E-state index >= 15 is 0 Å². The van der Waals surface area contributed by atoms with Crippen molar-refractivity contribution in [3.8, 4) is 11.4 Å². The van der Waals surface area contributed by atoms with Gasteiger partial charge in [-0.05, 0) is 39.7 Å². The van der Waals surface area contributed by atoms with Crippen LogP contribution in [0.2, 0.25) is 0 Å². The van der Waals surface area contributed by atoms with E-state index in [1.165, 1.54) is 0 Å². The van der Waals surface area contributed by atoms with Gasteiger partial charge in [0.15, 0.2) is 0 Å². The minimum atomic E-state index is -0.381. The first-order chi connectivity index (χ1) is 15.9. The van der Waals surface area contributed by atoms with Crippen LogP contribution < -0.4 is 5.32 Å². The summed E-state index contributed by atoms with van der Waals surface area (Å²) in [5.41, 5.74) is 4.61. The molecule has 1 unspecified atom stereocenters. The van der Waals surface area contributed by atoms with Gasteiger partial charge in [0, 0.05) is 24.4 Å². The highest BCUT2D eigenvalue weighted by Crippen LogP contribution is 2.37. The normalized spacial score (nSPS) is 16.5. The molecule has 1 aliphatic heterocycles. The predicted octanol–water partition coefficient (Wildman–Crippen LogP) is 5.36. The summed E-state index contributed by atoms with van der Waals surface area (Å²) in [4.78, 5) is 19.5. The molecular weight excluding hydrogens is 416 g/mol. The SMILES string of the molecule is CC1=C(c2nc(-c3ccc(C)cc3)no2)C(c2ccccc2)NC(=O)N1CCCOC(C)C. The van der Waals surface area contributed by atoms with Crippen molar-refractivity contribution >= 4 is 11.6 Å². The smallest absolute Gasteiger partial charge is 0.322 e. The quantitative estimate of drug-likeness (QED) is 0.471. The Balaban J connectivity index is 1.69. The third kappa shape index (κ3) is 5.14. The van der Waals surface area contributed by atoms with E-state index < -0.39 is 0 Å². The zero-order chi connectivity index (χ0) is 23.4. The van der Waals surface area contributed by atoms with Gasteiger partial charge >= 0.3 is 6.03 Å². The predicted molar refractivity (Wildman–Crippen MR) is 127 cm³/mol. The summed E-state index contributed by atoms with van der Waals surface area (Å²) in [6, 6.07) is 17.3. The van der Waals surface area contributed by atoms with Gasteiger partial charge in [0.25, 0.3) is 5.89 Å². The Labute approximate surface area is 194 Å². The van der Waals surface area contributed by atoms with Crippen molar-refractivity contribution in [2.45, 2.75) is 46.3 Å². The first-order valence-electron chi connectivity index (χ1n) is 11.3. The summed E-state index contributed by atoms with van der Waals surface area (Å²) in [6.07, 6.45) is 0.887. The lowest BCUT2D eigenvalue weighted by Gasteiger charge is -2.35. The minimum Gasteiger partial charge on any atom is -0.379 e. The van der Waals surface area contributed by atoms with Gasteiger partial charge in [-0.2, -0.15) is 4.98 Å². The highest BCUT2D eigenvalue weighted by Gasteiger charge is 2.35. The summed E-state index contributed by atoms with van der Waals surface area (Å²) in [7, 11) is 0. The summed E-state index contributed by atoms with van der Waals surface area (Å²) in [6.45, 7) is 9.10. The van der Waals surface area contributed by atoms with Gasteiger partial charge in [-0.15, -0.1) is 0 Å². The number of benzene rings is 2. The molecule has 1 aromatic heterocycles. The standard InChI is InChI=1S/C26H30N4O3/c1-17(2)32-16-8-15-30-19(4)22(23(27-26(30)31)20-9-6-5-7-10-20)25-28-24(29-33-25)21-13-11-18(3)12-14-21/h5-7,9-14,17,23H,8,15-16H2,1-4H3,(H,27,31). The van der Waals surface area contributed by atoms with Gasteiger partial charge in [0.1, 0.15) is 0 Å². The lowest BCUT2D eigenvalue weighted by atomic mass is 9.94. The number of nitrogens with one attached hydrogen (secondary N) is 1. The van der Waals surface area contributed by atoms with E-state index in [1.807, 2.05) is 82.3 Å². The molecule has 172 valence electrons. The molecule has 7 heteroatoms. The number of nitrogens with zero attached hydrogens (tertiary/aromatic N) is 3. The Bertz CT molecular complexity index is 1120. The van der Waals surface area contributed by atoms with Crippen molar-refractivity contribution in [2.24, 2.45) is 0 Å². The van der Waals surface area contributed by atoms with E-state index in [2.05, 4.69) is 10.5 Å². The molecule has 7 nitrogen and oxygen atoms in total. The monoisotopic (exact) mass is 446 g/mol. The van der Waals surface area contributed by atoms with Gasteiger partial charge in [-0.1, -0.05) is 65.3 Å². The largest absolute Gasteiger partial charge is 0.379 e. The van der Waals surface area contributed by atoms with Crippen molar-refractivity contribution in [1.82, 2.24) is 20.4 Å². The zero-order valence-electron chi connectivity index (χ0n) is 19.5. The first-order valence-corrected chi connectivity index (χ1v) is 11.3. The van der Waals surface area contributed by atoms with Crippen LogP contribution >= 0.6 is 0 Å². The third-order valence-corrected chi connectivity index (χ3v) is 5.67. The van der Waals surface area contributed by atoms with E-state index in [-0.39, 0.29) is 18.2 Å². The molecule has 33 heavy (non-hydrogen) atoms. The van der Waals surface area contributed by atoms with E-state index in [0.29, 0.717) is 24.9 Å². The molecule has 2 heterocycles. The molecule has 1 N–H and O–H groups in total. The summed E-state index contributed by atoms with van der Waals surface area (Å²) in [5.74, 6) is 0.922. The maximum atomic E-state index is 13.0. The molecule has 0 saturated heterocycles. The van der Waals surface area contributed by atoms with E-state index in [1.54, 1.807) is 4.90 Å². The van der Waals surface area contributed by atoms with E-state index in [9.17, 15) is 4.79 Å². The second-order valence-electron chi connectivity index (χ2n) is 8.51. The molecule has 0 fully saturated rings. The van der Waals surface area contributed by atoms with Crippen molar-refractivity contribution in [2.75, 3.05) is 13.2 Å². The van der Waals surface area contributed by atoms with Crippen LogP contribution in [0, 0.1) is 6.92 Å². The van der Waals surface area contributed by atoms with Crippen LogP contribution in [0.5, 0.6) is 0 Å². The van der Waals surface area contributed by atoms with Gasteiger partial charge in [0.05, 0.1) is 17.7 Å². The lowest BCUT2D eigenvalue weighted by molar-refractivity contribution is 0.0736. The summed E-state index contributed by atoms with van der Waals surface area (Å²) >= 11 is 0. The number of hydrogen-bond acceptors (Lipinski definition) is 5. The number of allylic oxidation sites excluding steroid dienone is 1. The number of carbonyl (C=O) groups is 1. The Kier molecular flexibility index (Phi) is 6.89. The van der Waals surface area contributed by atoms with Gasteiger partial charge in [-0.3, -0.25) is 4.90 Å². The molecule has 0 spiro atoms. The van der Waals surface area contributed by atoms with Crippen LogP contribution in [-0.2, 0) is 4.74 Å². The molecule has 0 radical (unpaired) electrons. The maximum Gasteiger partial charge on any atom is 0.322 e. The maximum absolute atomic E-state index is 13.0. The molecule has 1 atom stereocenters. The first kappa shape index (κ1) is 22.7. The average Bonchev–Trinajstić information content (AvgIpc) is 3.28. The Morgan fingerprint density at radius 1 is 1.09 bits per heavy atom. The average molecular weight is 447 g/mol. The van der Waals surface area contributed by atoms with Gasteiger partial charge in [0.2, 0.25) is 5.82 Å². The van der Waals surface area contributed by atoms with Crippen molar-refractivity contribution in [3.63, 3.8) is 0 Å². The number of amides is 2. The van der Waals surface area contributed by atoms with Crippen LogP contribution in [0.3, 0.4) is 0 Å². The molecule has 1 aliphatic rings. The highest BCUT2D eigenvalue weighted by atomic mass is 16.5. The molecule has 0 saturated carbocycles. The van der Waals surface area contributed by atoms with Crippen molar-refractivity contribution in [1.29, 1.82) is 0 Å². The molecule has 0 bridgehead atoms. The topological polar surface area (TPSA) is 80.5 Å². The molecule has 0 aliphatic carbocycles. The number of ether oxygens (including phenoxy) is 1. The Morgan fingerprint density at radius 2 is 1.82 bits per heavy atom. The fraction of sp³-hybridized carbons (Fsp3) is 0.346. The molecule has 4 rings (SSSR count). The number of urea groups is 1. The van der Waals surface area contributed by atoms with Crippen LogP contribution in [0.1, 0.15) is 50.3 Å². The van der Waals surface area contributed by atoms with Crippen molar-refractivity contribution < 1.29 is 14.1 Å².